The van der Waals surface area contributed by atoms with Crippen LogP contribution in [0.5, 0.6) is 5.75 Å². The SMILES string of the molecule is N/C(=N/N=C/c1cc([N+](=O)[O-])cc([N+](=O)[O-])c1O)NO. The highest BCUT2D eigenvalue weighted by Crippen LogP contribution is 2.33. The van der Waals surface area contributed by atoms with E-state index >= 15 is 0 Å². The van der Waals surface area contributed by atoms with E-state index in [1.54, 1.807) is 0 Å². The molecule has 0 saturated carbocycles. The number of nitro groups is 2. The van der Waals surface area contributed by atoms with E-state index in [9.17, 15) is 25.3 Å². The van der Waals surface area contributed by atoms with Crippen LogP contribution in [0.25, 0.3) is 0 Å². The van der Waals surface area contributed by atoms with E-state index in [1.165, 1.54) is 5.48 Å². The van der Waals surface area contributed by atoms with E-state index in [2.05, 4.69) is 10.2 Å². The van der Waals surface area contributed by atoms with Crippen LogP contribution in [0.4, 0.5) is 11.4 Å². The summed E-state index contributed by atoms with van der Waals surface area (Å²) in [5.41, 5.74) is 4.73. The zero-order valence-corrected chi connectivity index (χ0v) is 9.63. The molecule has 20 heavy (non-hydrogen) atoms. The number of nitrogens with one attached hydrogen (secondary N) is 1. The number of phenolic OH excluding ortho intramolecular Hbond substituents is 1. The van der Waals surface area contributed by atoms with Crippen molar-refractivity contribution in [3.63, 3.8) is 0 Å². The number of hydrogen-bond acceptors (Lipinski definition) is 8. The van der Waals surface area contributed by atoms with Crippen molar-refractivity contribution in [2.75, 3.05) is 0 Å². The number of aromatic hydroxyl groups is 1. The highest BCUT2D eigenvalue weighted by Gasteiger charge is 2.22. The largest absolute Gasteiger partial charge is 0.502 e. The molecule has 12 nitrogen and oxygen atoms in total. The quantitative estimate of drug-likeness (QED) is 0.253. The van der Waals surface area contributed by atoms with E-state index in [0.717, 1.165) is 12.3 Å². The monoisotopic (exact) mass is 284 g/mol. The van der Waals surface area contributed by atoms with E-state index in [0.29, 0.717) is 6.07 Å². The molecule has 0 spiro atoms. The Bertz CT molecular complexity index is 612. The summed E-state index contributed by atoms with van der Waals surface area (Å²) in [7, 11) is 0. The van der Waals surface area contributed by atoms with Crippen molar-refractivity contribution < 1.29 is 20.2 Å². The number of rotatable bonds is 4. The lowest BCUT2D eigenvalue weighted by Gasteiger charge is -2.00. The van der Waals surface area contributed by atoms with Crippen molar-refractivity contribution in [1.29, 1.82) is 0 Å². The number of guanidine groups is 1. The predicted octanol–water partition coefficient (Wildman–Crippen LogP) is -0.164. The summed E-state index contributed by atoms with van der Waals surface area (Å²) in [6.07, 6.45) is 0.805. The number of nitrogens with zero attached hydrogens (tertiary/aromatic N) is 4. The first-order valence-corrected chi connectivity index (χ1v) is 4.79. The molecule has 1 aromatic rings. The third-order valence-electron chi connectivity index (χ3n) is 1.99. The van der Waals surface area contributed by atoms with Gasteiger partial charge in [-0.25, -0.2) is 5.48 Å². The van der Waals surface area contributed by atoms with Crippen molar-refractivity contribution in [3.05, 3.63) is 37.9 Å². The average Bonchev–Trinajstić information content (AvgIpc) is 2.39. The van der Waals surface area contributed by atoms with Crippen LogP contribution in [0.15, 0.2) is 22.3 Å². The molecule has 0 fully saturated rings. The second-order valence-corrected chi connectivity index (χ2v) is 3.26. The molecular formula is C8H8N6O6. The Kier molecular flexibility index (Phi) is 4.47. The smallest absolute Gasteiger partial charge is 0.318 e. The molecule has 0 atom stereocenters. The van der Waals surface area contributed by atoms with Gasteiger partial charge in [-0.1, -0.05) is 0 Å². The van der Waals surface area contributed by atoms with Gasteiger partial charge in [-0.05, 0) is 0 Å². The fraction of sp³-hybridized carbons (Fsp3) is 0. The van der Waals surface area contributed by atoms with Crippen LogP contribution in [0.1, 0.15) is 5.56 Å². The molecule has 0 aliphatic rings. The van der Waals surface area contributed by atoms with Crippen molar-refractivity contribution in [2.45, 2.75) is 0 Å². The van der Waals surface area contributed by atoms with E-state index in [1.807, 2.05) is 0 Å². The fourth-order valence-corrected chi connectivity index (χ4v) is 1.14. The topological polar surface area (TPSA) is 190 Å². The van der Waals surface area contributed by atoms with E-state index < -0.39 is 32.9 Å². The third-order valence-corrected chi connectivity index (χ3v) is 1.99. The molecule has 0 amide bonds. The van der Waals surface area contributed by atoms with Crippen LogP contribution < -0.4 is 11.2 Å². The first kappa shape index (κ1) is 14.8. The average molecular weight is 284 g/mol. The Morgan fingerprint density at radius 3 is 2.50 bits per heavy atom. The molecule has 12 heteroatoms. The number of nitrogens with two attached hydrogens (primary N) is 1. The molecule has 0 saturated heterocycles. The summed E-state index contributed by atoms with van der Waals surface area (Å²) in [5.74, 6) is -1.30. The van der Waals surface area contributed by atoms with Gasteiger partial charge in [-0.3, -0.25) is 25.4 Å². The van der Waals surface area contributed by atoms with Gasteiger partial charge in [-0.2, -0.15) is 5.10 Å². The standard InChI is InChI=1S/C8H8N6O6/c9-8(12-16)11-10-3-4-1-5(13(17)18)2-6(7(4)15)14(19)20/h1-3,15-16H,(H3,9,11,12)/b10-3+. The number of hydroxylamine groups is 1. The summed E-state index contributed by atoms with van der Waals surface area (Å²) in [4.78, 5) is 19.5. The van der Waals surface area contributed by atoms with Gasteiger partial charge in [-0.15, -0.1) is 5.10 Å². The van der Waals surface area contributed by atoms with Crippen LogP contribution in [-0.2, 0) is 0 Å². The molecule has 5 N–H and O–H groups in total. The zero-order valence-electron chi connectivity index (χ0n) is 9.63. The van der Waals surface area contributed by atoms with Gasteiger partial charge in [0.2, 0.25) is 11.7 Å². The number of hydrogen-bond donors (Lipinski definition) is 4. The van der Waals surface area contributed by atoms with Gasteiger partial charge in [0, 0.05) is 6.07 Å². The van der Waals surface area contributed by atoms with Gasteiger partial charge >= 0.3 is 5.69 Å². The zero-order chi connectivity index (χ0) is 15.3. The van der Waals surface area contributed by atoms with Gasteiger partial charge < -0.3 is 10.8 Å². The van der Waals surface area contributed by atoms with Crippen LogP contribution in [-0.4, -0.2) is 32.3 Å². The second kappa shape index (κ2) is 6.05. The Hall–Kier alpha value is -3.28. The molecule has 0 heterocycles. The molecule has 0 aliphatic heterocycles. The summed E-state index contributed by atoms with van der Waals surface area (Å²) < 4.78 is 0. The first-order valence-electron chi connectivity index (χ1n) is 4.79. The minimum atomic E-state index is -0.980. The van der Waals surface area contributed by atoms with Crippen LogP contribution in [0.3, 0.4) is 0 Å². The third kappa shape index (κ3) is 3.36. The van der Waals surface area contributed by atoms with Gasteiger partial charge in [0.05, 0.1) is 27.7 Å². The highest BCUT2D eigenvalue weighted by molar-refractivity contribution is 5.87. The highest BCUT2D eigenvalue weighted by atomic mass is 16.6. The Morgan fingerprint density at radius 2 is 2.00 bits per heavy atom. The first-order chi connectivity index (χ1) is 9.36. The fourth-order valence-electron chi connectivity index (χ4n) is 1.14. The molecular weight excluding hydrogens is 276 g/mol. The number of non-ortho nitro benzene ring substituents is 1. The maximum absolute atomic E-state index is 10.7. The van der Waals surface area contributed by atoms with Crippen LogP contribution in [0.2, 0.25) is 0 Å². The Labute approximate surface area is 110 Å². The summed E-state index contributed by atoms with van der Waals surface area (Å²) in [6, 6.07) is 1.48. The van der Waals surface area contributed by atoms with Crippen molar-refractivity contribution >= 4 is 23.5 Å². The molecule has 0 unspecified atom stereocenters. The second-order valence-electron chi connectivity index (χ2n) is 3.26. The van der Waals surface area contributed by atoms with Gasteiger partial charge in [0.25, 0.3) is 5.69 Å². The summed E-state index contributed by atoms with van der Waals surface area (Å²) in [5, 5.41) is 45.7. The van der Waals surface area contributed by atoms with Crippen LogP contribution in [0, 0.1) is 20.2 Å². The minimum Gasteiger partial charge on any atom is -0.502 e. The lowest BCUT2D eigenvalue weighted by molar-refractivity contribution is -0.394. The molecule has 0 radical (unpaired) electrons. The summed E-state index contributed by atoms with van der Waals surface area (Å²) >= 11 is 0. The maximum atomic E-state index is 10.7. The predicted molar refractivity (Wildman–Crippen MR) is 65.6 cm³/mol. The minimum absolute atomic E-state index is 0.305. The Morgan fingerprint density at radius 1 is 1.35 bits per heavy atom. The van der Waals surface area contributed by atoms with Gasteiger partial charge in [0.15, 0.2) is 0 Å². The van der Waals surface area contributed by atoms with Crippen molar-refractivity contribution in [3.8, 4) is 5.75 Å². The lowest BCUT2D eigenvalue weighted by Crippen LogP contribution is -2.27. The number of benzene rings is 1. The lowest BCUT2D eigenvalue weighted by atomic mass is 10.1. The maximum Gasteiger partial charge on any atom is 0.318 e. The Balaban J connectivity index is 3.31. The number of nitro benzene ring substituents is 2. The van der Waals surface area contributed by atoms with E-state index in [4.69, 9.17) is 10.9 Å². The molecule has 1 rings (SSSR count). The normalized spacial score (nSPS) is 11.6. The number of phenols is 1. The molecule has 106 valence electrons. The summed E-state index contributed by atoms with van der Waals surface area (Å²) in [6.45, 7) is 0. The molecule has 0 aliphatic carbocycles. The molecule has 0 bridgehead atoms. The van der Waals surface area contributed by atoms with E-state index in [-0.39, 0.29) is 5.56 Å². The van der Waals surface area contributed by atoms with Crippen molar-refractivity contribution in [2.24, 2.45) is 15.9 Å². The van der Waals surface area contributed by atoms with Crippen molar-refractivity contribution in [1.82, 2.24) is 5.48 Å². The van der Waals surface area contributed by atoms with Crippen LogP contribution >= 0.6 is 0 Å². The van der Waals surface area contributed by atoms with Gasteiger partial charge in [0.1, 0.15) is 0 Å². The molecule has 1 aromatic carbocycles. The molecule has 0 aromatic heterocycles.